The quantitative estimate of drug-likeness (QED) is 0.822. The van der Waals surface area contributed by atoms with Crippen LogP contribution in [0.3, 0.4) is 0 Å². The van der Waals surface area contributed by atoms with Gasteiger partial charge in [-0.3, -0.25) is 9.48 Å². The van der Waals surface area contributed by atoms with E-state index in [0.29, 0.717) is 17.5 Å². The normalized spacial score (nSPS) is 12.8. The Morgan fingerprint density at radius 1 is 1.59 bits per heavy atom. The first-order valence-corrected chi connectivity index (χ1v) is 6.35. The first kappa shape index (κ1) is 14.0. The maximum absolute atomic E-state index is 12.0. The second kappa shape index (κ2) is 6.05. The number of amides is 1. The van der Waals surface area contributed by atoms with Crippen molar-refractivity contribution in [3.8, 4) is 0 Å². The summed E-state index contributed by atoms with van der Waals surface area (Å²) < 4.78 is 1.59. The molecule has 1 N–H and O–H groups in total. The van der Waals surface area contributed by atoms with Gasteiger partial charge in [-0.15, -0.1) is 11.6 Å². The largest absolute Gasteiger partial charge is 0.347 e. The Labute approximate surface area is 107 Å². The van der Waals surface area contributed by atoms with E-state index in [4.69, 9.17) is 11.6 Å². The molecule has 1 unspecified atom stereocenters. The fourth-order valence-corrected chi connectivity index (χ4v) is 2.02. The lowest BCUT2D eigenvalue weighted by atomic mass is 10.1. The molecule has 1 atom stereocenters. The third-order valence-electron chi connectivity index (χ3n) is 2.51. The van der Waals surface area contributed by atoms with Crippen LogP contribution < -0.4 is 5.32 Å². The van der Waals surface area contributed by atoms with Crippen LogP contribution in [0.4, 0.5) is 0 Å². The number of hydrogen-bond acceptors (Lipinski definition) is 2. The molecule has 0 saturated carbocycles. The van der Waals surface area contributed by atoms with Gasteiger partial charge in [0, 0.05) is 19.0 Å². The minimum absolute atomic E-state index is 0.0133. The summed E-state index contributed by atoms with van der Waals surface area (Å²) in [5.74, 6) is 0.826. The summed E-state index contributed by atoms with van der Waals surface area (Å²) in [6.07, 6.45) is 0.881. The number of rotatable bonds is 5. The van der Waals surface area contributed by atoms with Crippen LogP contribution in [-0.2, 0) is 7.05 Å². The van der Waals surface area contributed by atoms with E-state index in [2.05, 4.69) is 24.3 Å². The molecule has 17 heavy (non-hydrogen) atoms. The molecule has 1 aromatic rings. The van der Waals surface area contributed by atoms with Crippen molar-refractivity contribution in [1.82, 2.24) is 15.1 Å². The Morgan fingerprint density at radius 2 is 2.24 bits per heavy atom. The highest BCUT2D eigenvalue weighted by Crippen LogP contribution is 2.08. The van der Waals surface area contributed by atoms with Crippen LogP contribution in [0, 0.1) is 12.8 Å². The number of hydrogen-bond donors (Lipinski definition) is 1. The fourth-order valence-electron chi connectivity index (χ4n) is 1.81. The Bertz CT molecular complexity index is 387. The van der Waals surface area contributed by atoms with E-state index in [0.717, 1.165) is 12.1 Å². The van der Waals surface area contributed by atoms with E-state index in [1.54, 1.807) is 17.8 Å². The van der Waals surface area contributed by atoms with Crippen LogP contribution in [0.25, 0.3) is 0 Å². The lowest BCUT2D eigenvalue weighted by molar-refractivity contribution is 0.0927. The SMILES string of the molecule is Cc1cc(C(=O)NC(CCl)CC(C)C)n(C)n1. The van der Waals surface area contributed by atoms with Crippen molar-refractivity contribution in [2.45, 2.75) is 33.2 Å². The molecule has 1 amide bonds. The molecule has 96 valence electrons. The molecular formula is C12H20ClN3O. The molecule has 1 rings (SSSR count). The molecule has 0 saturated heterocycles. The molecule has 0 bridgehead atoms. The lowest BCUT2D eigenvalue weighted by Gasteiger charge is -2.17. The van der Waals surface area contributed by atoms with Crippen LogP contribution in [-0.4, -0.2) is 27.6 Å². The minimum Gasteiger partial charge on any atom is -0.347 e. The molecule has 1 aromatic heterocycles. The lowest BCUT2D eigenvalue weighted by Crippen LogP contribution is -2.38. The van der Waals surface area contributed by atoms with Gasteiger partial charge >= 0.3 is 0 Å². The summed E-state index contributed by atoms with van der Waals surface area (Å²) >= 11 is 5.85. The maximum Gasteiger partial charge on any atom is 0.269 e. The topological polar surface area (TPSA) is 46.9 Å². The molecule has 1 heterocycles. The number of carbonyl (C=O) groups is 1. The fraction of sp³-hybridized carbons (Fsp3) is 0.667. The Morgan fingerprint density at radius 3 is 2.65 bits per heavy atom. The highest BCUT2D eigenvalue weighted by atomic mass is 35.5. The van der Waals surface area contributed by atoms with Gasteiger partial charge in [0.15, 0.2) is 0 Å². The number of halogens is 1. The number of aryl methyl sites for hydroxylation is 2. The Kier molecular flexibility index (Phi) is 5.00. The van der Waals surface area contributed by atoms with Gasteiger partial charge < -0.3 is 5.32 Å². The van der Waals surface area contributed by atoms with Gasteiger partial charge in [0.2, 0.25) is 0 Å². The number of alkyl halides is 1. The molecule has 0 aliphatic heterocycles. The van der Waals surface area contributed by atoms with Crippen LogP contribution in [0.2, 0.25) is 0 Å². The number of carbonyl (C=O) groups excluding carboxylic acids is 1. The van der Waals surface area contributed by atoms with Crippen LogP contribution in [0.5, 0.6) is 0 Å². The second-order valence-electron chi connectivity index (χ2n) is 4.75. The van der Waals surface area contributed by atoms with Crippen molar-refractivity contribution in [3.05, 3.63) is 17.5 Å². The van der Waals surface area contributed by atoms with E-state index in [9.17, 15) is 4.79 Å². The zero-order chi connectivity index (χ0) is 13.0. The van der Waals surface area contributed by atoms with E-state index in [1.807, 2.05) is 6.92 Å². The maximum atomic E-state index is 12.0. The van der Waals surface area contributed by atoms with Gasteiger partial charge in [-0.2, -0.15) is 5.10 Å². The molecule has 4 nitrogen and oxygen atoms in total. The van der Waals surface area contributed by atoms with E-state index >= 15 is 0 Å². The minimum atomic E-state index is -0.112. The summed E-state index contributed by atoms with van der Waals surface area (Å²) in [5.41, 5.74) is 1.41. The Balaban J connectivity index is 2.67. The number of nitrogens with zero attached hydrogens (tertiary/aromatic N) is 2. The van der Waals surface area contributed by atoms with Crippen molar-refractivity contribution in [1.29, 1.82) is 0 Å². The average molecular weight is 258 g/mol. The predicted octanol–water partition coefficient (Wildman–Crippen LogP) is 2.11. The van der Waals surface area contributed by atoms with Gasteiger partial charge in [-0.25, -0.2) is 0 Å². The van der Waals surface area contributed by atoms with Gasteiger partial charge in [0.1, 0.15) is 5.69 Å². The molecule has 0 aliphatic rings. The van der Waals surface area contributed by atoms with Gasteiger partial charge in [-0.05, 0) is 25.3 Å². The molecule has 0 fully saturated rings. The highest BCUT2D eigenvalue weighted by molar-refractivity contribution is 6.18. The van der Waals surface area contributed by atoms with Gasteiger partial charge in [0.25, 0.3) is 5.91 Å². The average Bonchev–Trinajstić information content (AvgIpc) is 2.56. The zero-order valence-corrected chi connectivity index (χ0v) is 11.6. The standard InChI is InChI=1S/C12H20ClN3O/c1-8(2)5-10(7-13)14-12(17)11-6-9(3)15-16(11)4/h6,8,10H,5,7H2,1-4H3,(H,14,17). The molecule has 0 spiro atoms. The van der Waals surface area contributed by atoms with E-state index in [1.165, 1.54) is 0 Å². The van der Waals surface area contributed by atoms with Crippen molar-refractivity contribution in [3.63, 3.8) is 0 Å². The summed E-state index contributed by atoms with van der Waals surface area (Å²) in [6.45, 7) is 6.09. The van der Waals surface area contributed by atoms with Crippen molar-refractivity contribution in [2.75, 3.05) is 5.88 Å². The van der Waals surface area contributed by atoms with Crippen LogP contribution in [0.1, 0.15) is 36.5 Å². The molecule has 5 heteroatoms. The first-order valence-electron chi connectivity index (χ1n) is 5.81. The van der Waals surface area contributed by atoms with Crippen molar-refractivity contribution in [2.24, 2.45) is 13.0 Å². The van der Waals surface area contributed by atoms with Gasteiger partial charge in [0.05, 0.1) is 5.69 Å². The summed E-state index contributed by atoms with van der Waals surface area (Å²) in [7, 11) is 1.76. The highest BCUT2D eigenvalue weighted by Gasteiger charge is 2.17. The monoisotopic (exact) mass is 257 g/mol. The molecule has 0 aliphatic carbocycles. The smallest absolute Gasteiger partial charge is 0.269 e. The third kappa shape index (κ3) is 4.04. The summed E-state index contributed by atoms with van der Waals surface area (Å²) in [5, 5.41) is 7.09. The number of aromatic nitrogens is 2. The Hall–Kier alpha value is -1.03. The molecular weight excluding hydrogens is 238 g/mol. The van der Waals surface area contributed by atoms with E-state index < -0.39 is 0 Å². The predicted molar refractivity (Wildman–Crippen MR) is 69.4 cm³/mol. The van der Waals surface area contributed by atoms with Crippen molar-refractivity contribution >= 4 is 17.5 Å². The zero-order valence-electron chi connectivity index (χ0n) is 10.8. The van der Waals surface area contributed by atoms with Crippen molar-refractivity contribution < 1.29 is 4.79 Å². The van der Waals surface area contributed by atoms with Gasteiger partial charge in [-0.1, -0.05) is 13.8 Å². The van der Waals surface area contributed by atoms with E-state index in [-0.39, 0.29) is 11.9 Å². The second-order valence-corrected chi connectivity index (χ2v) is 5.06. The van der Waals surface area contributed by atoms with Crippen LogP contribution in [0.15, 0.2) is 6.07 Å². The number of nitrogens with one attached hydrogen (secondary N) is 1. The summed E-state index contributed by atoms with van der Waals surface area (Å²) in [6, 6.07) is 1.79. The summed E-state index contributed by atoms with van der Waals surface area (Å²) in [4.78, 5) is 12.0. The van der Waals surface area contributed by atoms with Crippen LogP contribution >= 0.6 is 11.6 Å². The third-order valence-corrected chi connectivity index (χ3v) is 2.88. The first-order chi connectivity index (χ1) is 7.93. The molecule has 0 radical (unpaired) electrons. The molecule has 0 aromatic carbocycles.